The third kappa shape index (κ3) is 4.09. The summed E-state index contributed by atoms with van der Waals surface area (Å²) in [6.07, 6.45) is 0. The molecule has 2 N–H and O–H groups in total. The van der Waals surface area contributed by atoms with Crippen molar-refractivity contribution < 1.29 is 4.79 Å². The summed E-state index contributed by atoms with van der Waals surface area (Å²) in [7, 11) is 0. The van der Waals surface area contributed by atoms with E-state index in [4.69, 9.17) is 0 Å². The topological polar surface area (TPSA) is 44.4 Å². The van der Waals surface area contributed by atoms with E-state index in [1.54, 1.807) is 0 Å². The molecule has 122 valence electrons. The van der Waals surface area contributed by atoms with Crippen molar-refractivity contribution in [3.8, 4) is 0 Å². The fraction of sp³-hybridized carbons (Fsp3) is 0.421. The Morgan fingerprint density at radius 1 is 1.17 bits per heavy atom. The van der Waals surface area contributed by atoms with Crippen LogP contribution in [0.4, 0.5) is 0 Å². The average Bonchev–Trinajstić information content (AvgIpc) is 2.61. The molecule has 3 rings (SSSR count). The maximum atomic E-state index is 12.4. The van der Waals surface area contributed by atoms with Crippen LogP contribution in [0.25, 0.3) is 10.8 Å². The van der Waals surface area contributed by atoms with Gasteiger partial charge in [-0.1, -0.05) is 42.5 Å². The summed E-state index contributed by atoms with van der Waals surface area (Å²) in [6, 6.07) is 14.5. The molecule has 0 bridgehead atoms. The van der Waals surface area contributed by atoms with Crippen LogP contribution in [0.15, 0.2) is 42.5 Å². The molecular weight excluding hydrogens is 286 g/mol. The summed E-state index contributed by atoms with van der Waals surface area (Å²) >= 11 is 0. The smallest absolute Gasteiger partial charge is 0.227 e. The average molecular weight is 311 g/mol. The molecular formula is C19H25N3O. The molecule has 4 nitrogen and oxygen atoms in total. The van der Waals surface area contributed by atoms with Crippen LogP contribution < -0.4 is 10.6 Å². The summed E-state index contributed by atoms with van der Waals surface area (Å²) < 4.78 is 0. The number of hydrogen-bond acceptors (Lipinski definition) is 3. The van der Waals surface area contributed by atoms with Crippen molar-refractivity contribution in [2.24, 2.45) is 0 Å². The third-order valence-electron chi connectivity index (χ3n) is 4.60. The molecule has 2 aromatic carbocycles. The maximum absolute atomic E-state index is 12.4. The number of amides is 1. The molecule has 23 heavy (non-hydrogen) atoms. The Kier molecular flexibility index (Phi) is 5.26. The zero-order valence-corrected chi connectivity index (χ0v) is 13.7. The normalized spacial score (nSPS) is 17.1. The minimum atomic E-state index is -0.123. The highest BCUT2D eigenvalue weighted by Gasteiger charge is 2.16. The van der Waals surface area contributed by atoms with Gasteiger partial charge in [-0.15, -0.1) is 0 Å². The van der Waals surface area contributed by atoms with Crippen molar-refractivity contribution in [1.82, 2.24) is 15.5 Å². The minimum Gasteiger partial charge on any atom is -0.354 e. The van der Waals surface area contributed by atoms with E-state index in [1.165, 1.54) is 10.8 Å². The molecule has 0 radical (unpaired) electrons. The van der Waals surface area contributed by atoms with Gasteiger partial charge in [0, 0.05) is 39.3 Å². The summed E-state index contributed by atoms with van der Waals surface area (Å²) in [5.74, 6) is -0.0157. The van der Waals surface area contributed by atoms with Gasteiger partial charge in [0.1, 0.15) is 0 Å². The quantitative estimate of drug-likeness (QED) is 0.887. The highest BCUT2D eigenvalue weighted by atomic mass is 16.1. The zero-order valence-electron chi connectivity index (χ0n) is 13.7. The first-order chi connectivity index (χ1) is 11.2. The lowest BCUT2D eigenvalue weighted by Gasteiger charge is -2.27. The first-order valence-electron chi connectivity index (χ1n) is 8.43. The number of nitrogens with one attached hydrogen (secondary N) is 2. The van der Waals surface area contributed by atoms with Gasteiger partial charge in [-0.3, -0.25) is 9.69 Å². The third-order valence-corrected chi connectivity index (χ3v) is 4.60. The Hall–Kier alpha value is -1.91. The Morgan fingerprint density at radius 3 is 2.70 bits per heavy atom. The van der Waals surface area contributed by atoms with E-state index in [0.29, 0.717) is 0 Å². The van der Waals surface area contributed by atoms with Crippen molar-refractivity contribution >= 4 is 16.7 Å². The van der Waals surface area contributed by atoms with E-state index in [0.717, 1.165) is 44.8 Å². The van der Waals surface area contributed by atoms with Crippen LogP contribution >= 0.6 is 0 Å². The molecule has 1 aliphatic heterocycles. The highest BCUT2D eigenvalue weighted by Crippen LogP contribution is 2.21. The highest BCUT2D eigenvalue weighted by molar-refractivity contribution is 5.87. The van der Waals surface area contributed by atoms with Crippen LogP contribution in [0, 0.1) is 0 Å². The fourth-order valence-corrected chi connectivity index (χ4v) is 3.05. The van der Waals surface area contributed by atoms with E-state index >= 15 is 0 Å². The van der Waals surface area contributed by atoms with Gasteiger partial charge in [-0.2, -0.15) is 0 Å². The molecule has 0 spiro atoms. The predicted octanol–water partition coefficient (Wildman–Crippen LogP) is 1.96. The summed E-state index contributed by atoms with van der Waals surface area (Å²) in [5.41, 5.74) is 1.07. The molecule has 1 saturated heterocycles. The molecule has 0 aliphatic carbocycles. The second-order valence-corrected chi connectivity index (χ2v) is 6.21. The second kappa shape index (κ2) is 7.57. The first kappa shape index (κ1) is 16.0. The van der Waals surface area contributed by atoms with Crippen LogP contribution in [-0.2, 0) is 4.79 Å². The summed E-state index contributed by atoms with van der Waals surface area (Å²) in [6.45, 7) is 7.84. The van der Waals surface area contributed by atoms with Crippen molar-refractivity contribution in [2.75, 3.05) is 39.3 Å². The molecule has 1 unspecified atom stereocenters. The number of carbonyl (C=O) groups is 1. The fourth-order valence-electron chi connectivity index (χ4n) is 3.05. The molecule has 2 aromatic rings. The summed E-state index contributed by atoms with van der Waals surface area (Å²) in [5, 5.41) is 8.81. The van der Waals surface area contributed by atoms with Gasteiger partial charge in [0.15, 0.2) is 0 Å². The number of hydrogen-bond donors (Lipinski definition) is 2. The molecule has 4 heteroatoms. The lowest BCUT2D eigenvalue weighted by atomic mass is 9.97. The van der Waals surface area contributed by atoms with Gasteiger partial charge in [0.2, 0.25) is 5.91 Å². The van der Waals surface area contributed by atoms with Crippen molar-refractivity contribution in [3.05, 3.63) is 48.0 Å². The van der Waals surface area contributed by atoms with Crippen LogP contribution in [0.5, 0.6) is 0 Å². The van der Waals surface area contributed by atoms with Crippen LogP contribution in [0.3, 0.4) is 0 Å². The van der Waals surface area contributed by atoms with Gasteiger partial charge in [0.25, 0.3) is 0 Å². The number of nitrogens with zero attached hydrogens (tertiary/aromatic N) is 1. The molecule has 1 amide bonds. The lowest BCUT2D eigenvalue weighted by molar-refractivity contribution is -0.122. The van der Waals surface area contributed by atoms with Gasteiger partial charge in [-0.05, 0) is 23.3 Å². The number of carbonyl (C=O) groups excluding carboxylic acids is 1. The zero-order chi connectivity index (χ0) is 16.1. The molecule has 1 aliphatic rings. The molecule has 0 saturated carbocycles. The van der Waals surface area contributed by atoms with Crippen molar-refractivity contribution in [2.45, 2.75) is 12.8 Å². The van der Waals surface area contributed by atoms with E-state index in [-0.39, 0.29) is 11.8 Å². The Balaban J connectivity index is 1.55. The first-order valence-corrected chi connectivity index (χ1v) is 8.43. The van der Waals surface area contributed by atoms with Crippen molar-refractivity contribution in [1.29, 1.82) is 0 Å². The summed E-state index contributed by atoms with van der Waals surface area (Å²) in [4.78, 5) is 14.8. The van der Waals surface area contributed by atoms with E-state index < -0.39 is 0 Å². The largest absolute Gasteiger partial charge is 0.354 e. The predicted molar refractivity (Wildman–Crippen MR) is 94.7 cm³/mol. The van der Waals surface area contributed by atoms with Gasteiger partial charge >= 0.3 is 0 Å². The molecule has 1 heterocycles. The van der Waals surface area contributed by atoms with Crippen molar-refractivity contribution in [3.63, 3.8) is 0 Å². The van der Waals surface area contributed by atoms with E-state index in [9.17, 15) is 4.79 Å². The monoisotopic (exact) mass is 311 g/mol. The molecule has 1 fully saturated rings. The van der Waals surface area contributed by atoms with Crippen LogP contribution in [0.2, 0.25) is 0 Å². The van der Waals surface area contributed by atoms with Crippen LogP contribution in [0.1, 0.15) is 18.4 Å². The van der Waals surface area contributed by atoms with Gasteiger partial charge in [-0.25, -0.2) is 0 Å². The standard InChI is InChI=1S/C19H25N3O/c1-15(17-7-6-16-4-2-3-5-18(16)14-17)19(23)21-10-13-22-11-8-20-9-12-22/h2-7,14-15,20H,8-13H2,1H3,(H,21,23). The van der Waals surface area contributed by atoms with E-state index in [2.05, 4.69) is 45.9 Å². The van der Waals surface area contributed by atoms with Gasteiger partial charge < -0.3 is 10.6 Å². The Morgan fingerprint density at radius 2 is 1.91 bits per heavy atom. The molecule has 1 atom stereocenters. The lowest BCUT2D eigenvalue weighted by Crippen LogP contribution is -2.46. The number of piperazine rings is 1. The van der Waals surface area contributed by atoms with Crippen LogP contribution in [-0.4, -0.2) is 50.1 Å². The van der Waals surface area contributed by atoms with E-state index in [1.807, 2.05) is 19.1 Å². The number of rotatable bonds is 5. The Labute approximate surface area is 137 Å². The SMILES string of the molecule is CC(C(=O)NCCN1CCNCC1)c1ccc2ccccc2c1. The molecule has 0 aromatic heterocycles. The minimum absolute atomic E-state index is 0.107. The van der Waals surface area contributed by atoms with Gasteiger partial charge in [0.05, 0.1) is 5.92 Å². The number of benzene rings is 2. The number of fused-ring (bicyclic) bond motifs is 1. The Bertz CT molecular complexity index is 664. The maximum Gasteiger partial charge on any atom is 0.227 e. The second-order valence-electron chi connectivity index (χ2n) is 6.21.